The molecule has 222 valence electrons. The van der Waals surface area contributed by atoms with Crippen molar-refractivity contribution in [3.8, 4) is 0 Å². The van der Waals surface area contributed by atoms with Crippen LogP contribution in [0.2, 0.25) is 5.02 Å². The number of nitrogens with zero attached hydrogens (tertiary/aromatic N) is 4. The van der Waals surface area contributed by atoms with E-state index < -0.39 is 49.8 Å². The van der Waals surface area contributed by atoms with Crippen LogP contribution in [0.5, 0.6) is 0 Å². The van der Waals surface area contributed by atoms with E-state index in [4.69, 9.17) is 16.3 Å². The van der Waals surface area contributed by atoms with Crippen LogP contribution in [0.3, 0.4) is 0 Å². The molecule has 0 aliphatic carbocycles. The number of ether oxygens (including phenoxy) is 1. The average molecular weight is 626 g/mol. The zero-order chi connectivity index (χ0) is 30.5. The molecule has 3 aromatic rings. The van der Waals surface area contributed by atoms with Crippen LogP contribution in [-0.4, -0.2) is 58.3 Å². The van der Waals surface area contributed by atoms with E-state index in [9.17, 15) is 36.5 Å². The molecule has 1 N–H and O–H groups in total. The number of nitro groups is 1. The van der Waals surface area contributed by atoms with Gasteiger partial charge in [-0.1, -0.05) is 29.8 Å². The molecule has 4 rings (SSSR count). The van der Waals surface area contributed by atoms with Crippen LogP contribution in [0, 0.1) is 10.1 Å². The smallest absolute Gasteiger partial charge is 0.378 e. The average Bonchev–Trinajstić information content (AvgIpc) is 2.96. The van der Waals surface area contributed by atoms with Gasteiger partial charge >= 0.3 is 6.18 Å². The largest absolute Gasteiger partial charge is 0.417 e. The molecular weight excluding hydrogens is 603 g/mol. The number of hydrogen-bond acceptors (Lipinski definition) is 8. The second-order valence-corrected chi connectivity index (χ2v) is 11.1. The summed E-state index contributed by atoms with van der Waals surface area (Å²) in [4.78, 5) is 25.3. The summed E-state index contributed by atoms with van der Waals surface area (Å²) in [5.41, 5.74) is 1.09. The molecule has 1 amide bonds. The van der Waals surface area contributed by atoms with Gasteiger partial charge in [-0.15, -0.1) is 0 Å². The monoisotopic (exact) mass is 625 g/mol. The number of alkyl halides is 3. The summed E-state index contributed by atoms with van der Waals surface area (Å²) in [5.74, 6) is -0.993. The number of carbonyl (C=O) groups is 1. The van der Waals surface area contributed by atoms with E-state index >= 15 is 0 Å². The number of carbonyl (C=O) groups excluding carboxylic acids is 1. The lowest BCUT2D eigenvalue weighted by atomic mass is 10.1. The molecule has 0 saturated carbocycles. The second-order valence-electron chi connectivity index (χ2n) is 8.88. The van der Waals surface area contributed by atoms with E-state index in [-0.39, 0.29) is 10.6 Å². The number of benzene rings is 3. The minimum Gasteiger partial charge on any atom is -0.378 e. The Hall–Kier alpha value is -4.21. The molecule has 1 aliphatic heterocycles. The number of nitro benzene ring substituents is 1. The van der Waals surface area contributed by atoms with Crippen LogP contribution in [0.25, 0.3) is 0 Å². The van der Waals surface area contributed by atoms with Gasteiger partial charge in [-0.25, -0.2) is 13.8 Å². The number of nitrogens with one attached hydrogen (secondary N) is 1. The zero-order valence-electron chi connectivity index (χ0n) is 21.6. The van der Waals surface area contributed by atoms with E-state index in [1.807, 2.05) is 4.90 Å². The Morgan fingerprint density at radius 1 is 1.12 bits per heavy atom. The third-order valence-electron chi connectivity index (χ3n) is 6.13. The van der Waals surface area contributed by atoms with Crippen molar-refractivity contribution < 1.29 is 36.0 Å². The van der Waals surface area contributed by atoms with Crippen LogP contribution in [-0.2, 0) is 25.7 Å². The van der Waals surface area contributed by atoms with E-state index in [0.717, 1.165) is 18.3 Å². The summed E-state index contributed by atoms with van der Waals surface area (Å²) in [6.07, 6.45) is -3.73. The van der Waals surface area contributed by atoms with Gasteiger partial charge in [0, 0.05) is 36.5 Å². The molecule has 0 atom stereocenters. The maximum absolute atomic E-state index is 13.5. The first-order valence-electron chi connectivity index (χ1n) is 12.3. The van der Waals surface area contributed by atoms with Gasteiger partial charge in [-0.05, 0) is 36.4 Å². The molecule has 1 aliphatic rings. The Morgan fingerprint density at radius 3 is 2.45 bits per heavy atom. The molecular formula is C26H23ClF3N5O6S. The maximum Gasteiger partial charge on any atom is 0.417 e. The summed E-state index contributed by atoms with van der Waals surface area (Å²) >= 11 is 5.71. The Bertz CT molecular complexity index is 1600. The Kier molecular flexibility index (Phi) is 9.33. The van der Waals surface area contributed by atoms with Crippen molar-refractivity contribution in [3.05, 3.63) is 93.0 Å². The standard InChI is InChI=1S/C26H23ClF3N5O6S/c27-23-8-6-19(15-22(23)26(28,29)30)34(42(39,40)21-4-2-1-3-5-21)17-25(36)32-31-16-18-14-20(35(37)38)7-9-24(18)33-10-12-41-13-11-33/h1-9,14-16H,10-13,17H2,(H,32,36)/b31-16-. The third-order valence-corrected chi connectivity index (χ3v) is 8.25. The number of morpholine rings is 1. The second kappa shape index (κ2) is 12.8. The highest BCUT2D eigenvalue weighted by atomic mass is 35.5. The van der Waals surface area contributed by atoms with Gasteiger partial charge in [-0.3, -0.25) is 19.2 Å². The lowest BCUT2D eigenvalue weighted by molar-refractivity contribution is -0.384. The molecule has 0 bridgehead atoms. The number of sulfonamides is 1. The summed E-state index contributed by atoms with van der Waals surface area (Å²) in [6, 6.07) is 13.5. The van der Waals surface area contributed by atoms with Crippen LogP contribution >= 0.6 is 11.6 Å². The molecule has 3 aromatic carbocycles. The van der Waals surface area contributed by atoms with Gasteiger partial charge in [0.1, 0.15) is 6.54 Å². The molecule has 0 spiro atoms. The highest BCUT2D eigenvalue weighted by molar-refractivity contribution is 7.92. The fraction of sp³-hybridized carbons (Fsp3) is 0.231. The number of hydrazone groups is 1. The fourth-order valence-electron chi connectivity index (χ4n) is 4.11. The SMILES string of the molecule is O=C(CN(c1ccc(Cl)c(C(F)(F)F)c1)S(=O)(=O)c1ccccc1)N/N=C\c1cc([N+](=O)[O-])ccc1N1CCOCC1. The van der Waals surface area contributed by atoms with Gasteiger partial charge in [0.2, 0.25) is 0 Å². The van der Waals surface area contributed by atoms with Gasteiger partial charge in [-0.2, -0.15) is 18.3 Å². The highest BCUT2D eigenvalue weighted by Crippen LogP contribution is 2.38. The number of amides is 1. The molecule has 11 nitrogen and oxygen atoms in total. The topological polar surface area (TPSA) is 134 Å². The summed E-state index contributed by atoms with van der Waals surface area (Å²) in [7, 11) is -4.52. The van der Waals surface area contributed by atoms with Gasteiger partial charge < -0.3 is 9.64 Å². The number of halogens is 4. The van der Waals surface area contributed by atoms with E-state index in [1.165, 1.54) is 36.4 Å². The minimum atomic E-state index is -4.89. The number of non-ortho nitro benzene ring substituents is 1. The molecule has 1 fully saturated rings. The molecule has 0 unspecified atom stereocenters. The van der Waals surface area contributed by atoms with Crippen LogP contribution < -0.4 is 14.6 Å². The van der Waals surface area contributed by atoms with Gasteiger partial charge in [0.05, 0.1) is 45.5 Å². The van der Waals surface area contributed by atoms with Crippen molar-refractivity contribution in [3.63, 3.8) is 0 Å². The lowest BCUT2D eigenvalue weighted by Gasteiger charge is -2.29. The van der Waals surface area contributed by atoms with Crippen molar-refractivity contribution in [1.82, 2.24) is 5.43 Å². The van der Waals surface area contributed by atoms with Crippen molar-refractivity contribution >= 4 is 50.8 Å². The predicted octanol–water partition coefficient (Wildman–Crippen LogP) is 4.45. The normalized spacial score (nSPS) is 14.1. The minimum absolute atomic E-state index is 0.219. The van der Waals surface area contributed by atoms with Crippen molar-refractivity contribution in [2.45, 2.75) is 11.1 Å². The Morgan fingerprint density at radius 2 is 1.81 bits per heavy atom. The summed E-state index contributed by atoms with van der Waals surface area (Å²) < 4.78 is 73.4. The Balaban J connectivity index is 1.63. The fourth-order valence-corrected chi connectivity index (χ4v) is 5.77. The first kappa shape index (κ1) is 30.7. The van der Waals surface area contributed by atoms with E-state index in [2.05, 4.69) is 10.5 Å². The quantitative estimate of drug-likeness (QED) is 0.211. The first-order chi connectivity index (χ1) is 19.9. The number of rotatable bonds is 9. The van der Waals surface area contributed by atoms with Crippen LogP contribution in [0.4, 0.5) is 30.2 Å². The zero-order valence-corrected chi connectivity index (χ0v) is 23.2. The molecule has 16 heteroatoms. The highest BCUT2D eigenvalue weighted by Gasteiger charge is 2.35. The van der Waals surface area contributed by atoms with Gasteiger partial charge in [0.25, 0.3) is 21.6 Å². The van der Waals surface area contributed by atoms with Gasteiger partial charge in [0.15, 0.2) is 0 Å². The Labute approximate surface area is 243 Å². The van der Waals surface area contributed by atoms with Crippen molar-refractivity contribution in [2.24, 2.45) is 5.10 Å². The summed E-state index contributed by atoms with van der Waals surface area (Å²) in [5, 5.41) is 14.5. The lowest BCUT2D eigenvalue weighted by Crippen LogP contribution is -2.39. The predicted molar refractivity (Wildman–Crippen MR) is 149 cm³/mol. The summed E-state index contributed by atoms with van der Waals surface area (Å²) in [6.45, 7) is 0.961. The van der Waals surface area contributed by atoms with Crippen LogP contribution in [0.1, 0.15) is 11.1 Å². The number of anilines is 2. The van der Waals surface area contributed by atoms with E-state index in [0.29, 0.717) is 47.9 Å². The maximum atomic E-state index is 13.5. The van der Waals surface area contributed by atoms with Crippen molar-refractivity contribution in [1.29, 1.82) is 0 Å². The molecule has 0 aromatic heterocycles. The van der Waals surface area contributed by atoms with E-state index in [1.54, 1.807) is 12.1 Å². The molecule has 42 heavy (non-hydrogen) atoms. The molecule has 1 saturated heterocycles. The van der Waals surface area contributed by atoms with Crippen LogP contribution in [0.15, 0.2) is 76.7 Å². The third kappa shape index (κ3) is 7.16. The molecule has 0 radical (unpaired) electrons. The first-order valence-corrected chi connectivity index (χ1v) is 14.1. The molecule has 1 heterocycles. The van der Waals surface area contributed by atoms with Crippen molar-refractivity contribution in [2.75, 3.05) is 42.1 Å². The number of hydrogen-bond donors (Lipinski definition) is 1.